The van der Waals surface area contributed by atoms with Crippen LogP contribution in [0.5, 0.6) is 5.75 Å². The van der Waals surface area contributed by atoms with Crippen LogP contribution in [0.3, 0.4) is 0 Å². The Bertz CT molecular complexity index is 724. The monoisotopic (exact) mass is 326 g/mol. The molecule has 1 unspecified atom stereocenters. The zero-order chi connectivity index (χ0) is 16.2. The van der Waals surface area contributed by atoms with Crippen LogP contribution in [0.4, 0.5) is 0 Å². The van der Waals surface area contributed by atoms with Crippen LogP contribution >= 0.6 is 11.3 Å². The molecule has 0 spiro atoms. The van der Waals surface area contributed by atoms with E-state index in [2.05, 4.69) is 11.1 Å². The fourth-order valence-electron chi connectivity index (χ4n) is 2.79. The van der Waals surface area contributed by atoms with Crippen molar-refractivity contribution in [2.75, 3.05) is 0 Å². The third-order valence-corrected chi connectivity index (χ3v) is 5.05. The SMILES string of the molecule is Cc1csc(C(C#N)C(=O)c2ccc(OC3CCCC3)cc2)n1. The highest BCUT2D eigenvalue weighted by atomic mass is 32.1. The van der Waals surface area contributed by atoms with Crippen LogP contribution in [0, 0.1) is 18.3 Å². The first kappa shape index (κ1) is 15.7. The fraction of sp³-hybridized carbons (Fsp3) is 0.389. The summed E-state index contributed by atoms with van der Waals surface area (Å²) in [5, 5.41) is 11.7. The fourth-order valence-corrected chi connectivity index (χ4v) is 3.63. The molecule has 0 amide bonds. The molecule has 0 N–H and O–H groups in total. The summed E-state index contributed by atoms with van der Waals surface area (Å²) in [6, 6.07) is 9.16. The molecule has 1 aromatic carbocycles. The average molecular weight is 326 g/mol. The minimum absolute atomic E-state index is 0.214. The third kappa shape index (κ3) is 3.59. The number of hydrogen-bond donors (Lipinski definition) is 0. The normalized spacial score (nSPS) is 16.0. The van der Waals surface area contributed by atoms with E-state index in [1.807, 2.05) is 24.4 Å². The van der Waals surface area contributed by atoms with Crippen molar-refractivity contribution in [1.82, 2.24) is 4.98 Å². The van der Waals surface area contributed by atoms with Gasteiger partial charge in [-0.2, -0.15) is 5.26 Å². The van der Waals surface area contributed by atoms with Gasteiger partial charge in [0.05, 0.1) is 12.2 Å². The molecule has 1 aromatic heterocycles. The summed E-state index contributed by atoms with van der Waals surface area (Å²) in [5.74, 6) is -0.267. The second kappa shape index (κ2) is 6.93. The molecule has 3 rings (SSSR count). The molecule has 1 fully saturated rings. The molecule has 1 aliphatic carbocycles. The Morgan fingerprint density at radius 2 is 2.04 bits per heavy atom. The van der Waals surface area contributed by atoms with Crippen molar-refractivity contribution in [2.45, 2.75) is 44.6 Å². The standard InChI is InChI=1S/C18H18N2O2S/c1-12-11-23-18(20-12)16(10-19)17(21)13-6-8-15(9-7-13)22-14-4-2-3-5-14/h6-9,11,14,16H,2-5H2,1H3. The van der Waals surface area contributed by atoms with E-state index >= 15 is 0 Å². The van der Waals surface area contributed by atoms with Crippen molar-refractivity contribution in [3.05, 3.63) is 45.9 Å². The van der Waals surface area contributed by atoms with Crippen LogP contribution in [0.15, 0.2) is 29.6 Å². The minimum atomic E-state index is -0.838. The van der Waals surface area contributed by atoms with Crippen molar-refractivity contribution in [3.8, 4) is 11.8 Å². The number of ketones is 1. The summed E-state index contributed by atoms with van der Waals surface area (Å²) >= 11 is 1.35. The summed E-state index contributed by atoms with van der Waals surface area (Å²) in [5.41, 5.74) is 1.35. The summed E-state index contributed by atoms with van der Waals surface area (Å²) in [6.07, 6.45) is 4.93. The third-order valence-electron chi connectivity index (χ3n) is 4.02. The number of rotatable bonds is 5. The highest BCUT2D eigenvalue weighted by molar-refractivity contribution is 7.10. The number of carbonyl (C=O) groups is 1. The number of hydrogen-bond acceptors (Lipinski definition) is 5. The van der Waals surface area contributed by atoms with E-state index in [1.165, 1.54) is 24.2 Å². The number of aromatic nitrogens is 1. The highest BCUT2D eigenvalue weighted by Crippen LogP contribution is 2.27. The van der Waals surface area contributed by atoms with Crippen LogP contribution in [0.1, 0.15) is 52.7 Å². The van der Waals surface area contributed by atoms with Gasteiger partial charge in [0.2, 0.25) is 0 Å². The maximum absolute atomic E-state index is 12.5. The number of ether oxygens (including phenoxy) is 1. The molecular formula is C18H18N2O2S. The van der Waals surface area contributed by atoms with Gasteiger partial charge >= 0.3 is 0 Å². The molecule has 0 aliphatic heterocycles. The van der Waals surface area contributed by atoms with Gasteiger partial charge in [-0.15, -0.1) is 11.3 Å². The Morgan fingerprint density at radius 1 is 1.35 bits per heavy atom. The van der Waals surface area contributed by atoms with Crippen molar-refractivity contribution >= 4 is 17.1 Å². The maximum atomic E-state index is 12.5. The largest absolute Gasteiger partial charge is 0.490 e. The van der Waals surface area contributed by atoms with Crippen LogP contribution in [0.2, 0.25) is 0 Å². The molecule has 1 atom stereocenters. The molecule has 1 heterocycles. The zero-order valence-electron chi connectivity index (χ0n) is 13.0. The van der Waals surface area contributed by atoms with Gasteiger partial charge in [0, 0.05) is 16.6 Å². The van der Waals surface area contributed by atoms with Crippen molar-refractivity contribution in [2.24, 2.45) is 0 Å². The van der Waals surface area contributed by atoms with Crippen LogP contribution in [-0.2, 0) is 0 Å². The number of Topliss-reactive ketones (excluding diaryl/α,β-unsaturated/α-hetero) is 1. The number of nitriles is 1. The predicted octanol–water partition coefficient (Wildman–Crippen LogP) is 4.26. The van der Waals surface area contributed by atoms with E-state index in [4.69, 9.17) is 4.74 Å². The van der Waals surface area contributed by atoms with Crippen LogP contribution < -0.4 is 4.74 Å². The van der Waals surface area contributed by atoms with E-state index < -0.39 is 5.92 Å². The van der Waals surface area contributed by atoms with Crippen LogP contribution in [0.25, 0.3) is 0 Å². The summed E-state index contributed by atoms with van der Waals surface area (Å²) in [4.78, 5) is 16.8. The molecule has 5 heteroatoms. The molecule has 0 saturated heterocycles. The molecule has 0 bridgehead atoms. The summed E-state index contributed by atoms with van der Waals surface area (Å²) in [7, 11) is 0. The van der Waals surface area contributed by atoms with Gasteiger partial charge in [0.15, 0.2) is 11.7 Å². The molecule has 23 heavy (non-hydrogen) atoms. The number of thiazole rings is 1. The van der Waals surface area contributed by atoms with Crippen molar-refractivity contribution < 1.29 is 9.53 Å². The Kier molecular flexibility index (Phi) is 4.73. The lowest BCUT2D eigenvalue weighted by Gasteiger charge is -2.13. The Balaban J connectivity index is 1.72. The zero-order valence-corrected chi connectivity index (χ0v) is 13.8. The first-order valence-electron chi connectivity index (χ1n) is 7.80. The Hall–Kier alpha value is -2.19. The smallest absolute Gasteiger partial charge is 0.186 e. The topological polar surface area (TPSA) is 63.0 Å². The quantitative estimate of drug-likeness (QED) is 0.770. The van der Waals surface area contributed by atoms with E-state index in [1.54, 1.807) is 12.1 Å². The lowest BCUT2D eigenvalue weighted by atomic mass is 9.99. The van der Waals surface area contributed by atoms with Gasteiger partial charge in [0.1, 0.15) is 10.8 Å². The number of carbonyl (C=O) groups excluding carboxylic acids is 1. The van der Waals surface area contributed by atoms with E-state index in [-0.39, 0.29) is 5.78 Å². The lowest BCUT2D eigenvalue weighted by Crippen LogP contribution is -2.12. The van der Waals surface area contributed by atoms with Crippen molar-refractivity contribution in [1.29, 1.82) is 5.26 Å². The molecule has 4 nitrogen and oxygen atoms in total. The number of nitrogens with zero attached hydrogens (tertiary/aromatic N) is 2. The highest BCUT2D eigenvalue weighted by Gasteiger charge is 2.25. The van der Waals surface area contributed by atoms with Crippen LogP contribution in [-0.4, -0.2) is 16.9 Å². The van der Waals surface area contributed by atoms with Gasteiger partial charge in [-0.05, 0) is 56.9 Å². The molecule has 2 aromatic rings. The predicted molar refractivity (Wildman–Crippen MR) is 88.9 cm³/mol. The van der Waals surface area contributed by atoms with Gasteiger partial charge in [-0.3, -0.25) is 4.79 Å². The van der Waals surface area contributed by atoms with Gasteiger partial charge in [-0.25, -0.2) is 4.98 Å². The molecule has 1 saturated carbocycles. The summed E-state index contributed by atoms with van der Waals surface area (Å²) in [6.45, 7) is 1.86. The Labute approximate surface area is 139 Å². The molecular weight excluding hydrogens is 308 g/mol. The molecule has 0 radical (unpaired) electrons. The average Bonchev–Trinajstić information content (AvgIpc) is 3.21. The summed E-state index contributed by atoms with van der Waals surface area (Å²) < 4.78 is 5.90. The second-order valence-electron chi connectivity index (χ2n) is 5.80. The van der Waals surface area contributed by atoms with E-state index in [0.29, 0.717) is 16.7 Å². The Morgan fingerprint density at radius 3 is 2.61 bits per heavy atom. The van der Waals surface area contributed by atoms with E-state index in [9.17, 15) is 10.1 Å². The van der Waals surface area contributed by atoms with E-state index in [0.717, 1.165) is 24.3 Å². The van der Waals surface area contributed by atoms with Gasteiger partial charge in [0.25, 0.3) is 0 Å². The van der Waals surface area contributed by atoms with Gasteiger partial charge < -0.3 is 4.74 Å². The lowest BCUT2D eigenvalue weighted by molar-refractivity contribution is 0.0978. The maximum Gasteiger partial charge on any atom is 0.186 e. The van der Waals surface area contributed by atoms with Gasteiger partial charge in [-0.1, -0.05) is 0 Å². The first-order valence-corrected chi connectivity index (χ1v) is 8.68. The second-order valence-corrected chi connectivity index (χ2v) is 6.69. The minimum Gasteiger partial charge on any atom is -0.490 e. The molecule has 118 valence electrons. The molecule has 1 aliphatic rings. The number of aryl methyl sites for hydroxylation is 1. The van der Waals surface area contributed by atoms with Crippen molar-refractivity contribution in [3.63, 3.8) is 0 Å². The number of benzene rings is 1. The first-order chi connectivity index (χ1) is 11.2.